The van der Waals surface area contributed by atoms with E-state index < -0.39 is 7.26 Å². The zero-order chi connectivity index (χ0) is 20.8. The molecule has 1 aliphatic carbocycles. The number of hydrogen-bond donors (Lipinski definition) is 0. The Balaban J connectivity index is 2.04. The van der Waals surface area contributed by atoms with Gasteiger partial charge in [0.15, 0.2) is 0 Å². The molecule has 0 heterocycles. The second-order valence-electron chi connectivity index (χ2n) is 7.47. The molecule has 2 heteroatoms. The van der Waals surface area contributed by atoms with E-state index in [-0.39, 0.29) is 0 Å². The molecule has 4 rings (SSSR count). The number of benzene rings is 3. The average Bonchev–Trinajstić information content (AvgIpc) is 3.23. The van der Waals surface area contributed by atoms with E-state index in [2.05, 4.69) is 114 Å². The van der Waals surface area contributed by atoms with E-state index in [1.54, 1.807) is 0 Å². The first-order valence-electron chi connectivity index (χ1n) is 10.3. The molecule has 0 N–H and O–H groups in total. The molecule has 1 fully saturated rings. The van der Waals surface area contributed by atoms with Crippen LogP contribution in [-0.2, 0) is 17.9 Å². The van der Waals surface area contributed by atoms with Crippen molar-refractivity contribution in [2.75, 3.05) is 0 Å². The Kier molecular flexibility index (Phi) is 6.78. The van der Waals surface area contributed by atoms with E-state index in [1.165, 1.54) is 38.8 Å². The third-order valence-electron chi connectivity index (χ3n) is 5.70. The van der Waals surface area contributed by atoms with Crippen LogP contribution in [0.25, 0.3) is 0 Å². The summed E-state index contributed by atoms with van der Waals surface area (Å²) >= 11 is 1.82. The summed E-state index contributed by atoms with van der Waals surface area (Å²) in [4.78, 5) is 0. The molecule has 0 amide bonds. The molecule has 0 bridgehead atoms. The summed E-state index contributed by atoms with van der Waals surface area (Å²) in [5, 5.41) is 5.35. The van der Waals surface area contributed by atoms with Gasteiger partial charge in [-0.1, -0.05) is 0 Å². The Morgan fingerprint density at radius 2 is 1.23 bits per heavy atom. The summed E-state index contributed by atoms with van der Waals surface area (Å²) in [7, 11) is -2.06. The monoisotopic (exact) mass is 584 g/mol. The molecule has 1 saturated carbocycles. The second kappa shape index (κ2) is 9.69. The predicted octanol–water partition coefficient (Wildman–Crippen LogP) is 6.04. The van der Waals surface area contributed by atoms with Gasteiger partial charge in [-0.25, -0.2) is 0 Å². The van der Waals surface area contributed by atoms with Crippen LogP contribution in [0.2, 0.25) is 0 Å². The number of allylic oxidation sites excluding steroid dienone is 5. The molecular formula is C28H25OsP+. The van der Waals surface area contributed by atoms with Gasteiger partial charge in [-0.15, -0.1) is 0 Å². The van der Waals surface area contributed by atoms with Crippen molar-refractivity contribution in [3.63, 3.8) is 0 Å². The van der Waals surface area contributed by atoms with E-state index in [9.17, 15) is 0 Å². The summed E-state index contributed by atoms with van der Waals surface area (Å²) in [5.41, 5.74) is 2.67. The normalized spacial score (nSPS) is 15.9. The Bertz CT molecular complexity index is 1020. The first kappa shape index (κ1) is 21.0. The van der Waals surface area contributed by atoms with Gasteiger partial charge < -0.3 is 0 Å². The van der Waals surface area contributed by atoms with Crippen molar-refractivity contribution >= 4 is 23.2 Å². The maximum atomic E-state index is 4.27. The molecule has 0 atom stereocenters. The molecule has 0 aliphatic heterocycles. The van der Waals surface area contributed by atoms with E-state index in [1.807, 2.05) is 17.9 Å². The van der Waals surface area contributed by atoms with Crippen LogP contribution < -0.4 is 15.9 Å². The maximum absolute atomic E-state index is 4.27. The van der Waals surface area contributed by atoms with Gasteiger partial charge in [0, 0.05) is 0 Å². The fourth-order valence-corrected chi connectivity index (χ4v) is 9.72. The molecule has 30 heavy (non-hydrogen) atoms. The Hall–Kier alpha value is -2.27. The second-order valence-corrected chi connectivity index (χ2v) is 11.5. The molecule has 0 spiro atoms. The van der Waals surface area contributed by atoms with Gasteiger partial charge in [-0.3, -0.25) is 0 Å². The van der Waals surface area contributed by atoms with Crippen LogP contribution in [0, 0.1) is 4.37 Å². The summed E-state index contributed by atoms with van der Waals surface area (Å²) < 4.78 is 3.64. The van der Waals surface area contributed by atoms with Crippen molar-refractivity contribution in [1.29, 1.82) is 0 Å². The molecule has 1 aliphatic rings. The van der Waals surface area contributed by atoms with Crippen molar-refractivity contribution in [1.82, 2.24) is 0 Å². The van der Waals surface area contributed by atoms with Gasteiger partial charge in [-0.05, 0) is 0 Å². The summed E-state index contributed by atoms with van der Waals surface area (Å²) in [6, 6.07) is 32.9. The fourth-order valence-electron chi connectivity index (χ4n) is 4.23. The van der Waals surface area contributed by atoms with Crippen LogP contribution in [0.4, 0.5) is 0 Å². The van der Waals surface area contributed by atoms with Crippen molar-refractivity contribution in [2.24, 2.45) is 0 Å². The van der Waals surface area contributed by atoms with E-state index in [0.717, 1.165) is 12.8 Å². The molecule has 149 valence electrons. The molecule has 0 saturated heterocycles. The van der Waals surface area contributed by atoms with Crippen LogP contribution in [0.1, 0.15) is 19.3 Å². The predicted molar refractivity (Wildman–Crippen MR) is 128 cm³/mol. The minimum atomic E-state index is -2.06. The topological polar surface area (TPSA) is 0 Å². The zero-order valence-electron chi connectivity index (χ0n) is 16.9. The summed E-state index contributed by atoms with van der Waals surface area (Å²) in [5.74, 6) is 0. The van der Waals surface area contributed by atoms with E-state index in [0.29, 0.717) is 0 Å². The Labute approximate surface area is 190 Å². The van der Waals surface area contributed by atoms with Gasteiger partial charge >= 0.3 is 191 Å². The van der Waals surface area contributed by atoms with Gasteiger partial charge in [0.25, 0.3) is 0 Å². The van der Waals surface area contributed by atoms with E-state index in [4.69, 9.17) is 0 Å². The molecular weight excluding hydrogens is 558 g/mol. The molecule has 0 nitrogen and oxygen atoms in total. The van der Waals surface area contributed by atoms with Gasteiger partial charge in [0.1, 0.15) is 0 Å². The minimum absolute atomic E-state index is 1.12. The van der Waals surface area contributed by atoms with Crippen LogP contribution in [-0.4, -0.2) is 0 Å². The van der Waals surface area contributed by atoms with Crippen LogP contribution in [0.15, 0.2) is 126 Å². The van der Waals surface area contributed by atoms with Gasteiger partial charge in [0.05, 0.1) is 0 Å². The summed E-state index contributed by atoms with van der Waals surface area (Å²) in [6.07, 6.45) is 8.08. The zero-order valence-corrected chi connectivity index (χ0v) is 20.4. The average molecular weight is 583 g/mol. The van der Waals surface area contributed by atoms with Crippen molar-refractivity contribution < 1.29 is 17.9 Å². The van der Waals surface area contributed by atoms with Crippen molar-refractivity contribution in [3.05, 3.63) is 126 Å². The molecule has 0 aromatic heterocycles. The van der Waals surface area contributed by atoms with Crippen LogP contribution in [0.3, 0.4) is 0 Å². The van der Waals surface area contributed by atoms with Crippen LogP contribution >= 0.6 is 7.26 Å². The number of hydrogen-bond acceptors (Lipinski definition) is 0. The van der Waals surface area contributed by atoms with Crippen molar-refractivity contribution in [2.45, 2.75) is 19.3 Å². The SMILES string of the molecule is C=C1CCCC1=CC=C([C]#[Os])[P+](c1ccccc1)(c1ccccc1)c1ccccc1. The fraction of sp³-hybridized carbons (Fsp3) is 0.107. The molecule has 3 aromatic carbocycles. The standard InChI is InChI=1S/C28H25P.Os/c1-23-13-12-14-25(23)22-21-24(2)29(26-15-6-3-7-16-26,27-17-8-4-9-18-27)28-19-10-5-11-20-28;/h3-11,15-22H,1,12-14H2;/q+1;. The van der Waals surface area contributed by atoms with E-state index >= 15 is 0 Å². The first-order valence-corrected chi connectivity index (χ1v) is 13.3. The molecule has 0 radical (unpaired) electrons. The molecule has 0 unspecified atom stereocenters. The van der Waals surface area contributed by atoms with Crippen LogP contribution in [0.5, 0.6) is 0 Å². The number of rotatable bonds is 5. The van der Waals surface area contributed by atoms with Gasteiger partial charge in [0.2, 0.25) is 0 Å². The third kappa shape index (κ3) is 4.00. The first-order chi connectivity index (χ1) is 14.8. The van der Waals surface area contributed by atoms with Gasteiger partial charge in [-0.2, -0.15) is 0 Å². The Morgan fingerprint density at radius 3 is 1.60 bits per heavy atom. The summed E-state index contributed by atoms with van der Waals surface area (Å²) in [6.45, 7) is 4.27. The quantitative estimate of drug-likeness (QED) is 0.322. The third-order valence-corrected chi connectivity index (χ3v) is 11.1. The van der Waals surface area contributed by atoms with Crippen molar-refractivity contribution in [3.8, 4) is 4.37 Å². The molecule has 3 aromatic rings. The Morgan fingerprint density at radius 1 is 0.767 bits per heavy atom.